The molecule has 2 aromatic rings. The van der Waals surface area contributed by atoms with Crippen LogP contribution in [-0.2, 0) is 5.41 Å². The number of nitrogens with zero attached hydrogens (tertiary/aromatic N) is 2. The third kappa shape index (κ3) is 3.94. The number of aromatic nitrogens is 2. The van der Waals surface area contributed by atoms with Gasteiger partial charge in [0.25, 0.3) is 0 Å². The monoisotopic (exact) mass is 350 g/mol. The van der Waals surface area contributed by atoms with E-state index < -0.39 is 0 Å². The van der Waals surface area contributed by atoms with E-state index in [0.29, 0.717) is 16.3 Å². The molecule has 21 heavy (non-hydrogen) atoms. The smallest absolute Gasteiger partial charge is 0.223 e. The minimum Gasteiger partial charge on any atom is -0.497 e. The molecule has 0 spiro atoms. The Morgan fingerprint density at radius 3 is 2.38 bits per heavy atom. The van der Waals surface area contributed by atoms with Gasteiger partial charge in [-0.1, -0.05) is 20.8 Å². The van der Waals surface area contributed by atoms with Gasteiger partial charge in [0.15, 0.2) is 0 Å². The molecule has 1 aromatic heterocycles. The lowest BCUT2D eigenvalue weighted by molar-refractivity contribution is 0.405. The number of hydrogen-bond donors (Lipinski definition) is 0. The van der Waals surface area contributed by atoms with Gasteiger partial charge in [-0.25, -0.2) is 4.98 Å². The number of hydrogen-bond acceptors (Lipinski definition) is 4. The van der Waals surface area contributed by atoms with E-state index in [1.165, 1.54) is 0 Å². The number of aryl methyl sites for hydroxylation is 1. The zero-order valence-electron chi connectivity index (χ0n) is 12.9. The van der Waals surface area contributed by atoms with Crippen molar-refractivity contribution in [1.29, 1.82) is 0 Å². The topological polar surface area (TPSA) is 44.2 Å². The van der Waals surface area contributed by atoms with Crippen LogP contribution in [0.3, 0.4) is 0 Å². The molecule has 5 heteroatoms. The SMILES string of the molecule is COc1ccc(Oc2cc(Br)nc(C)n2)c(C(C)(C)C)c1. The van der Waals surface area contributed by atoms with Gasteiger partial charge in [0, 0.05) is 11.6 Å². The average Bonchev–Trinajstić information content (AvgIpc) is 2.36. The van der Waals surface area contributed by atoms with Crippen molar-refractivity contribution in [1.82, 2.24) is 9.97 Å². The van der Waals surface area contributed by atoms with Gasteiger partial charge in [-0.15, -0.1) is 0 Å². The zero-order chi connectivity index (χ0) is 15.6. The standard InChI is InChI=1S/C16H19BrN2O2/c1-10-18-14(17)9-15(19-10)21-13-7-6-11(20-5)8-12(13)16(2,3)4/h6-9H,1-5H3. The van der Waals surface area contributed by atoms with Crippen molar-refractivity contribution in [2.45, 2.75) is 33.1 Å². The van der Waals surface area contributed by atoms with Gasteiger partial charge in [-0.3, -0.25) is 0 Å². The lowest BCUT2D eigenvalue weighted by Crippen LogP contribution is -2.13. The normalized spacial score (nSPS) is 11.3. The van der Waals surface area contributed by atoms with Gasteiger partial charge < -0.3 is 9.47 Å². The molecule has 0 bridgehead atoms. The molecule has 1 aromatic carbocycles. The van der Waals surface area contributed by atoms with Crippen LogP contribution in [0.25, 0.3) is 0 Å². The first-order chi connectivity index (χ1) is 9.79. The maximum absolute atomic E-state index is 5.96. The predicted molar refractivity (Wildman–Crippen MR) is 86.2 cm³/mol. The Labute approximate surface area is 133 Å². The fourth-order valence-electron chi connectivity index (χ4n) is 1.98. The molecule has 4 nitrogen and oxygen atoms in total. The van der Waals surface area contributed by atoms with Crippen LogP contribution in [-0.4, -0.2) is 17.1 Å². The Bertz CT molecular complexity index is 631. The first kappa shape index (κ1) is 15.8. The zero-order valence-corrected chi connectivity index (χ0v) is 14.5. The summed E-state index contributed by atoms with van der Waals surface area (Å²) in [6.45, 7) is 8.23. The van der Waals surface area contributed by atoms with Gasteiger partial charge in [0.1, 0.15) is 21.9 Å². The van der Waals surface area contributed by atoms with E-state index in [-0.39, 0.29) is 5.41 Å². The van der Waals surface area contributed by atoms with Gasteiger partial charge in [0.2, 0.25) is 5.88 Å². The number of benzene rings is 1. The van der Waals surface area contributed by atoms with Crippen molar-refractivity contribution in [2.75, 3.05) is 7.11 Å². The van der Waals surface area contributed by atoms with Crippen molar-refractivity contribution in [2.24, 2.45) is 0 Å². The molecule has 2 rings (SSSR count). The summed E-state index contributed by atoms with van der Waals surface area (Å²) in [6, 6.07) is 7.54. The highest BCUT2D eigenvalue weighted by Gasteiger charge is 2.21. The third-order valence-electron chi connectivity index (χ3n) is 2.99. The lowest BCUT2D eigenvalue weighted by atomic mass is 9.86. The summed E-state index contributed by atoms with van der Waals surface area (Å²) in [6.07, 6.45) is 0. The van der Waals surface area contributed by atoms with Crippen LogP contribution >= 0.6 is 15.9 Å². The van der Waals surface area contributed by atoms with Gasteiger partial charge in [-0.05, 0) is 46.5 Å². The van der Waals surface area contributed by atoms with Crippen molar-refractivity contribution < 1.29 is 9.47 Å². The maximum Gasteiger partial charge on any atom is 0.223 e. The van der Waals surface area contributed by atoms with Crippen molar-refractivity contribution in [3.8, 4) is 17.4 Å². The second kappa shape index (κ2) is 6.02. The van der Waals surface area contributed by atoms with E-state index in [2.05, 4.69) is 46.7 Å². The summed E-state index contributed by atoms with van der Waals surface area (Å²) in [5.41, 5.74) is 0.998. The van der Waals surface area contributed by atoms with E-state index in [4.69, 9.17) is 9.47 Å². The molecule has 0 aliphatic rings. The third-order valence-corrected chi connectivity index (χ3v) is 3.40. The lowest BCUT2D eigenvalue weighted by Gasteiger charge is -2.23. The molecule has 0 saturated heterocycles. The minimum atomic E-state index is -0.0663. The molecule has 0 radical (unpaired) electrons. The fourth-order valence-corrected chi connectivity index (χ4v) is 2.43. The molecular weight excluding hydrogens is 332 g/mol. The van der Waals surface area contributed by atoms with E-state index in [1.54, 1.807) is 13.2 Å². The first-order valence-corrected chi connectivity index (χ1v) is 7.46. The molecule has 112 valence electrons. The Morgan fingerprint density at radius 2 is 1.81 bits per heavy atom. The molecule has 0 unspecified atom stereocenters. The van der Waals surface area contributed by atoms with E-state index in [0.717, 1.165) is 17.1 Å². The van der Waals surface area contributed by atoms with Crippen LogP contribution in [0.1, 0.15) is 32.2 Å². The Balaban J connectivity index is 2.43. The quantitative estimate of drug-likeness (QED) is 0.756. The van der Waals surface area contributed by atoms with Gasteiger partial charge >= 0.3 is 0 Å². The van der Waals surface area contributed by atoms with Crippen molar-refractivity contribution in [3.05, 3.63) is 40.3 Å². The van der Waals surface area contributed by atoms with Gasteiger partial charge in [0.05, 0.1) is 7.11 Å². The summed E-state index contributed by atoms with van der Waals surface area (Å²) >= 11 is 3.36. The van der Waals surface area contributed by atoms with E-state index in [9.17, 15) is 0 Å². The largest absolute Gasteiger partial charge is 0.497 e. The van der Waals surface area contributed by atoms with Gasteiger partial charge in [-0.2, -0.15) is 4.98 Å². The van der Waals surface area contributed by atoms with E-state index in [1.807, 2.05) is 25.1 Å². The molecule has 1 heterocycles. The predicted octanol–water partition coefficient (Wildman–Crippen LogP) is 4.65. The van der Waals surface area contributed by atoms with Crippen LogP contribution in [0.15, 0.2) is 28.9 Å². The molecule has 0 amide bonds. The van der Waals surface area contributed by atoms with Crippen LogP contribution in [0.4, 0.5) is 0 Å². The second-order valence-electron chi connectivity index (χ2n) is 5.79. The summed E-state index contributed by atoms with van der Waals surface area (Å²) in [5.74, 6) is 2.76. The second-order valence-corrected chi connectivity index (χ2v) is 6.60. The molecule has 0 N–H and O–H groups in total. The fraction of sp³-hybridized carbons (Fsp3) is 0.375. The number of methoxy groups -OCH3 is 1. The summed E-state index contributed by atoms with van der Waals surface area (Å²) in [4.78, 5) is 8.48. The maximum atomic E-state index is 5.96. The summed E-state index contributed by atoms with van der Waals surface area (Å²) < 4.78 is 12.0. The Morgan fingerprint density at radius 1 is 1.10 bits per heavy atom. The highest BCUT2D eigenvalue weighted by atomic mass is 79.9. The van der Waals surface area contributed by atoms with Crippen LogP contribution in [0, 0.1) is 6.92 Å². The van der Waals surface area contributed by atoms with Crippen molar-refractivity contribution >= 4 is 15.9 Å². The van der Waals surface area contributed by atoms with Crippen LogP contribution < -0.4 is 9.47 Å². The summed E-state index contributed by atoms with van der Waals surface area (Å²) in [5, 5.41) is 0. The van der Waals surface area contributed by atoms with E-state index >= 15 is 0 Å². The number of ether oxygens (including phenoxy) is 2. The van der Waals surface area contributed by atoms with Crippen LogP contribution in [0.2, 0.25) is 0 Å². The molecule has 0 aliphatic heterocycles. The molecular formula is C16H19BrN2O2. The molecule has 0 aliphatic carbocycles. The van der Waals surface area contributed by atoms with Crippen LogP contribution in [0.5, 0.6) is 17.4 Å². The molecule has 0 atom stereocenters. The highest BCUT2D eigenvalue weighted by molar-refractivity contribution is 9.10. The Hall–Kier alpha value is -1.62. The highest BCUT2D eigenvalue weighted by Crippen LogP contribution is 2.36. The first-order valence-electron chi connectivity index (χ1n) is 6.67. The minimum absolute atomic E-state index is 0.0663. The summed E-state index contributed by atoms with van der Waals surface area (Å²) in [7, 11) is 1.66. The molecule has 0 fully saturated rings. The molecule has 0 saturated carbocycles. The van der Waals surface area contributed by atoms with Crippen molar-refractivity contribution in [3.63, 3.8) is 0 Å². The number of rotatable bonds is 3. The Kier molecular flexibility index (Phi) is 4.52. The number of halogens is 1. The average molecular weight is 351 g/mol.